The number of aromatic nitrogens is 2. The van der Waals surface area contributed by atoms with Gasteiger partial charge in [0.05, 0.1) is 5.56 Å². The Bertz CT molecular complexity index is 577. The van der Waals surface area contributed by atoms with Crippen LogP contribution in [0.2, 0.25) is 0 Å². The molecule has 0 aliphatic rings. The van der Waals surface area contributed by atoms with Gasteiger partial charge in [0.2, 0.25) is 0 Å². The van der Waals surface area contributed by atoms with Gasteiger partial charge in [-0.3, -0.25) is 0 Å². The molecule has 1 heterocycles. The van der Waals surface area contributed by atoms with Crippen LogP contribution in [0.15, 0.2) is 30.5 Å². The molecule has 0 radical (unpaired) electrons. The number of hydrogen-bond donors (Lipinski definition) is 0. The number of nitrogens with zero attached hydrogens (tertiary/aromatic N) is 2. The van der Waals surface area contributed by atoms with E-state index in [-0.39, 0.29) is 0 Å². The molecule has 5 heteroatoms. The highest BCUT2D eigenvalue weighted by atomic mass is 19.4. The van der Waals surface area contributed by atoms with E-state index in [0.29, 0.717) is 22.6 Å². The summed E-state index contributed by atoms with van der Waals surface area (Å²) in [6.45, 7) is 3.49. The molecule has 0 bridgehead atoms. The molecule has 0 aliphatic carbocycles. The lowest BCUT2D eigenvalue weighted by atomic mass is 10.0. The molecule has 2 aromatic rings. The molecule has 0 unspecified atom stereocenters. The SMILES string of the molecule is Cc1ncc(-c2cccc(C(F)(F)F)c2)c(C)n1. The predicted molar refractivity (Wildman–Crippen MR) is 61.9 cm³/mol. The normalized spacial score (nSPS) is 11.6. The minimum absolute atomic E-state index is 0.474. The first-order valence-electron chi connectivity index (χ1n) is 5.36. The lowest BCUT2D eigenvalue weighted by Crippen LogP contribution is -2.04. The van der Waals surface area contributed by atoms with Crippen molar-refractivity contribution in [1.82, 2.24) is 9.97 Å². The average Bonchev–Trinajstić information content (AvgIpc) is 2.28. The molecule has 2 rings (SSSR count). The quantitative estimate of drug-likeness (QED) is 0.771. The first-order chi connectivity index (χ1) is 8.38. The summed E-state index contributed by atoms with van der Waals surface area (Å²) in [5.74, 6) is 0.600. The predicted octanol–water partition coefficient (Wildman–Crippen LogP) is 3.78. The summed E-state index contributed by atoms with van der Waals surface area (Å²) < 4.78 is 37.9. The molecule has 0 fully saturated rings. The second kappa shape index (κ2) is 4.40. The Labute approximate surface area is 103 Å². The van der Waals surface area contributed by atoms with Gasteiger partial charge in [0.15, 0.2) is 0 Å². The Kier molecular flexibility index (Phi) is 3.07. The van der Waals surface area contributed by atoms with Crippen molar-refractivity contribution in [2.75, 3.05) is 0 Å². The highest BCUT2D eigenvalue weighted by Crippen LogP contribution is 2.32. The van der Waals surface area contributed by atoms with E-state index in [9.17, 15) is 13.2 Å². The van der Waals surface area contributed by atoms with Gasteiger partial charge in [0, 0.05) is 17.5 Å². The lowest BCUT2D eigenvalue weighted by Gasteiger charge is -2.10. The zero-order chi connectivity index (χ0) is 13.3. The summed E-state index contributed by atoms with van der Waals surface area (Å²) in [5, 5.41) is 0. The van der Waals surface area contributed by atoms with Crippen LogP contribution in [0.4, 0.5) is 13.2 Å². The molecular formula is C13H11F3N2. The van der Waals surface area contributed by atoms with Crippen molar-refractivity contribution in [1.29, 1.82) is 0 Å². The van der Waals surface area contributed by atoms with Crippen LogP contribution in [0.3, 0.4) is 0 Å². The van der Waals surface area contributed by atoms with Crippen molar-refractivity contribution in [2.24, 2.45) is 0 Å². The summed E-state index contributed by atoms with van der Waals surface area (Å²) in [6.07, 6.45) is -2.79. The number of halogens is 3. The Morgan fingerprint density at radius 1 is 1.11 bits per heavy atom. The molecule has 0 N–H and O–H groups in total. The summed E-state index contributed by atoms with van der Waals surface area (Å²) >= 11 is 0. The number of hydrogen-bond acceptors (Lipinski definition) is 2. The van der Waals surface area contributed by atoms with Gasteiger partial charge in [-0.25, -0.2) is 9.97 Å². The number of alkyl halides is 3. The minimum atomic E-state index is -4.34. The van der Waals surface area contributed by atoms with Crippen LogP contribution >= 0.6 is 0 Å². The van der Waals surface area contributed by atoms with Crippen molar-refractivity contribution in [3.8, 4) is 11.1 Å². The molecule has 0 spiro atoms. The third-order valence-electron chi connectivity index (χ3n) is 2.60. The van der Waals surface area contributed by atoms with Crippen LogP contribution in [0.5, 0.6) is 0 Å². The highest BCUT2D eigenvalue weighted by molar-refractivity contribution is 5.65. The van der Waals surface area contributed by atoms with E-state index in [1.807, 2.05) is 0 Å². The number of rotatable bonds is 1. The zero-order valence-corrected chi connectivity index (χ0v) is 9.92. The average molecular weight is 252 g/mol. The van der Waals surface area contributed by atoms with E-state index in [0.717, 1.165) is 12.1 Å². The lowest BCUT2D eigenvalue weighted by molar-refractivity contribution is -0.137. The second-order valence-electron chi connectivity index (χ2n) is 3.99. The van der Waals surface area contributed by atoms with Crippen molar-refractivity contribution in [3.05, 3.63) is 47.5 Å². The van der Waals surface area contributed by atoms with Crippen LogP contribution in [0.1, 0.15) is 17.1 Å². The van der Waals surface area contributed by atoms with Crippen molar-refractivity contribution >= 4 is 0 Å². The van der Waals surface area contributed by atoms with E-state index in [4.69, 9.17) is 0 Å². The monoisotopic (exact) mass is 252 g/mol. The van der Waals surface area contributed by atoms with Gasteiger partial charge in [-0.2, -0.15) is 13.2 Å². The fourth-order valence-corrected chi connectivity index (χ4v) is 1.73. The molecule has 18 heavy (non-hydrogen) atoms. The standard InChI is InChI=1S/C13H11F3N2/c1-8-12(7-17-9(2)18-8)10-4-3-5-11(6-10)13(14,15)16/h3-7H,1-2H3. The van der Waals surface area contributed by atoms with Crippen LogP contribution in [0, 0.1) is 13.8 Å². The maximum atomic E-state index is 12.6. The summed E-state index contributed by atoms with van der Waals surface area (Å²) in [4.78, 5) is 8.17. The summed E-state index contributed by atoms with van der Waals surface area (Å²) in [7, 11) is 0. The molecule has 2 nitrogen and oxygen atoms in total. The summed E-state index contributed by atoms with van der Waals surface area (Å²) in [5.41, 5.74) is 1.09. The van der Waals surface area contributed by atoms with Crippen LogP contribution in [-0.2, 0) is 6.18 Å². The van der Waals surface area contributed by atoms with E-state index in [1.54, 1.807) is 26.1 Å². The van der Waals surface area contributed by atoms with Gasteiger partial charge in [-0.05, 0) is 31.5 Å². The van der Waals surface area contributed by atoms with E-state index < -0.39 is 11.7 Å². The molecule has 0 aliphatic heterocycles. The maximum absolute atomic E-state index is 12.6. The minimum Gasteiger partial charge on any atom is -0.241 e. The van der Waals surface area contributed by atoms with Crippen LogP contribution in [0.25, 0.3) is 11.1 Å². The molecule has 1 aromatic heterocycles. The van der Waals surface area contributed by atoms with E-state index in [1.165, 1.54) is 6.07 Å². The number of benzene rings is 1. The number of aryl methyl sites for hydroxylation is 2. The first kappa shape index (κ1) is 12.5. The van der Waals surface area contributed by atoms with E-state index in [2.05, 4.69) is 9.97 Å². The van der Waals surface area contributed by atoms with Crippen molar-refractivity contribution in [3.63, 3.8) is 0 Å². The van der Waals surface area contributed by atoms with Crippen molar-refractivity contribution < 1.29 is 13.2 Å². The van der Waals surface area contributed by atoms with Gasteiger partial charge in [-0.1, -0.05) is 12.1 Å². The van der Waals surface area contributed by atoms with Crippen molar-refractivity contribution in [2.45, 2.75) is 20.0 Å². The van der Waals surface area contributed by atoms with Gasteiger partial charge in [0.1, 0.15) is 5.82 Å². The van der Waals surface area contributed by atoms with Gasteiger partial charge in [0.25, 0.3) is 0 Å². The molecule has 0 amide bonds. The van der Waals surface area contributed by atoms with Crippen LogP contribution in [-0.4, -0.2) is 9.97 Å². The molecule has 1 aromatic carbocycles. The smallest absolute Gasteiger partial charge is 0.241 e. The van der Waals surface area contributed by atoms with Crippen LogP contribution < -0.4 is 0 Å². The Hall–Kier alpha value is -1.91. The van der Waals surface area contributed by atoms with Gasteiger partial charge in [-0.15, -0.1) is 0 Å². The third kappa shape index (κ3) is 2.50. The Morgan fingerprint density at radius 2 is 1.83 bits per heavy atom. The first-order valence-corrected chi connectivity index (χ1v) is 5.36. The van der Waals surface area contributed by atoms with E-state index >= 15 is 0 Å². The maximum Gasteiger partial charge on any atom is 0.416 e. The fourth-order valence-electron chi connectivity index (χ4n) is 1.73. The molecule has 0 saturated carbocycles. The molecule has 94 valence electrons. The molecule has 0 atom stereocenters. The highest BCUT2D eigenvalue weighted by Gasteiger charge is 2.30. The Balaban J connectivity index is 2.51. The third-order valence-corrected chi connectivity index (χ3v) is 2.60. The summed E-state index contributed by atoms with van der Waals surface area (Å²) in [6, 6.07) is 5.17. The fraction of sp³-hybridized carbons (Fsp3) is 0.231. The largest absolute Gasteiger partial charge is 0.416 e. The van der Waals surface area contributed by atoms with Gasteiger partial charge < -0.3 is 0 Å². The zero-order valence-electron chi connectivity index (χ0n) is 9.92. The Morgan fingerprint density at radius 3 is 2.44 bits per heavy atom. The van der Waals surface area contributed by atoms with Gasteiger partial charge >= 0.3 is 6.18 Å². The molecular weight excluding hydrogens is 241 g/mol. The molecule has 0 saturated heterocycles. The second-order valence-corrected chi connectivity index (χ2v) is 3.99. The topological polar surface area (TPSA) is 25.8 Å².